The van der Waals surface area contributed by atoms with E-state index in [0.29, 0.717) is 22.2 Å². The molecule has 0 saturated carbocycles. The Hall–Kier alpha value is -2.08. The second-order valence-electron chi connectivity index (χ2n) is 4.73. The largest absolute Gasteiger partial charge is 0.496 e. The second kappa shape index (κ2) is 5.73. The number of nitrogens with zero attached hydrogens (tertiary/aromatic N) is 1. The Kier molecular flexibility index (Phi) is 3.79. The average Bonchev–Trinajstić information content (AvgIpc) is 3.07. The molecular formula is C15H16N2O3S. The summed E-state index contributed by atoms with van der Waals surface area (Å²) in [6.45, 7) is 0. The summed E-state index contributed by atoms with van der Waals surface area (Å²) in [5.74, 6) is 0.698. The molecule has 110 valence electrons. The summed E-state index contributed by atoms with van der Waals surface area (Å²) in [6.07, 6.45) is 3.21. The van der Waals surface area contributed by atoms with Crippen molar-refractivity contribution in [1.82, 2.24) is 4.98 Å². The Balaban J connectivity index is 1.87. The third-order valence-electron chi connectivity index (χ3n) is 3.47. The zero-order chi connectivity index (χ0) is 14.8. The van der Waals surface area contributed by atoms with Crippen molar-refractivity contribution in [3.05, 3.63) is 34.3 Å². The highest BCUT2D eigenvalue weighted by Crippen LogP contribution is 2.33. The number of amides is 1. The molecule has 3 rings (SSSR count). The van der Waals surface area contributed by atoms with E-state index in [-0.39, 0.29) is 5.91 Å². The molecule has 0 radical (unpaired) electrons. The summed E-state index contributed by atoms with van der Waals surface area (Å²) >= 11 is 1.55. The number of carbonyl (C=O) groups is 1. The second-order valence-corrected chi connectivity index (χ2v) is 5.82. The number of aromatic nitrogens is 1. The normalized spacial score (nSPS) is 12.9. The van der Waals surface area contributed by atoms with Crippen LogP contribution < -0.4 is 14.8 Å². The smallest absolute Gasteiger partial charge is 0.265 e. The van der Waals surface area contributed by atoms with E-state index in [0.717, 1.165) is 25.0 Å². The highest BCUT2D eigenvalue weighted by atomic mass is 32.1. The van der Waals surface area contributed by atoms with E-state index in [4.69, 9.17) is 9.47 Å². The lowest BCUT2D eigenvalue weighted by Gasteiger charge is -2.11. The van der Waals surface area contributed by atoms with Gasteiger partial charge in [-0.05, 0) is 31.4 Å². The molecule has 1 aliphatic rings. The van der Waals surface area contributed by atoms with Crippen LogP contribution in [-0.4, -0.2) is 25.1 Å². The Labute approximate surface area is 126 Å². The Morgan fingerprint density at radius 2 is 1.95 bits per heavy atom. The maximum atomic E-state index is 12.5. The molecule has 2 aromatic rings. The van der Waals surface area contributed by atoms with Gasteiger partial charge in [0.05, 0.1) is 19.9 Å². The lowest BCUT2D eigenvalue weighted by molar-refractivity contribution is 0.102. The van der Waals surface area contributed by atoms with Crippen LogP contribution in [0.15, 0.2) is 18.2 Å². The third kappa shape index (κ3) is 2.58. The first kappa shape index (κ1) is 13.9. The van der Waals surface area contributed by atoms with Crippen LogP contribution >= 0.6 is 11.3 Å². The molecule has 1 aliphatic carbocycles. The molecule has 0 unspecified atom stereocenters. The van der Waals surface area contributed by atoms with Crippen molar-refractivity contribution < 1.29 is 14.3 Å². The van der Waals surface area contributed by atoms with Crippen molar-refractivity contribution in [3.8, 4) is 11.5 Å². The number of benzene rings is 1. The molecule has 1 aromatic heterocycles. The molecular weight excluding hydrogens is 288 g/mol. The summed E-state index contributed by atoms with van der Waals surface area (Å²) in [5.41, 5.74) is 1.50. The van der Waals surface area contributed by atoms with Crippen molar-refractivity contribution in [1.29, 1.82) is 0 Å². The maximum absolute atomic E-state index is 12.5. The van der Waals surface area contributed by atoms with Gasteiger partial charge in [-0.15, -0.1) is 11.3 Å². The van der Waals surface area contributed by atoms with Crippen molar-refractivity contribution in [3.63, 3.8) is 0 Å². The fourth-order valence-electron chi connectivity index (χ4n) is 2.48. The number of hydrogen-bond donors (Lipinski definition) is 1. The lowest BCUT2D eigenvalue weighted by Crippen LogP contribution is -2.14. The van der Waals surface area contributed by atoms with Gasteiger partial charge in [0.1, 0.15) is 17.1 Å². The number of ether oxygens (including phenoxy) is 2. The van der Waals surface area contributed by atoms with Crippen LogP contribution in [-0.2, 0) is 12.8 Å². The van der Waals surface area contributed by atoms with Gasteiger partial charge in [-0.25, -0.2) is 4.98 Å². The lowest BCUT2D eigenvalue weighted by atomic mass is 10.1. The Morgan fingerprint density at radius 3 is 2.57 bits per heavy atom. The predicted molar refractivity (Wildman–Crippen MR) is 81.6 cm³/mol. The molecule has 0 atom stereocenters. The molecule has 0 saturated heterocycles. The van der Waals surface area contributed by atoms with Gasteiger partial charge >= 0.3 is 0 Å². The van der Waals surface area contributed by atoms with Crippen LogP contribution in [0.5, 0.6) is 11.5 Å². The summed E-state index contributed by atoms with van der Waals surface area (Å²) in [7, 11) is 3.06. The van der Waals surface area contributed by atoms with Crippen molar-refractivity contribution in [2.45, 2.75) is 19.3 Å². The highest BCUT2D eigenvalue weighted by molar-refractivity contribution is 7.16. The molecule has 0 bridgehead atoms. The van der Waals surface area contributed by atoms with E-state index in [1.807, 2.05) is 0 Å². The summed E-state index contributed by atoms with van der Waals surface area (Å²) in [6, 6.07) is 5.25. The van der Waals surface area contributed by atoms with Crippen LogP contribution in [0.3, 0.4) is 0 Å². The van der Waals surface area contributed by atoms with E-state index in [1.54, 1.807) is 29.5 Å². The minimum atomic E-state index is -0.267. The average molecular weight is 304 g/mol. The van der Waals surface area contributed by atoms with E-state index in [2.05, 4.69) is 10.3 Å². The number of thiazole rings is 1. The van der Waals surface area contributed by atoms with Gasteiger partial charge < -0.3 is 9.47 Å². The molecule has 6 heteroatoms. The van der Waals surface area contributed by atoms with Crippen LogP contribution in [0, 0.1) is 0 Å². The molecule has 1 N–H and O–H groups in total. The Morgan fingerprint density at radius 1 is 1.24 bits per heavy atom. The first-order valence-electron chi connectivity index (χ1n) is 6.74. The van der Waals surface area contributed by atoms with Crippen LogP contribution in [0.4, 0.5) is 5.13 Å². The van der Waals surface area contributed by atoms with Gasteiger partial charge in [0.2, 0.25) is 0 Å². The molecule has 0 aliphatic heterocycles. The number of carbonyl (C=O) groups excluding carboxylic acids is 1. The number of methoxy groups -OCH3 is 2. The van der Waals surface area contributed by atoms with E-state index >= 15 is 0 Å². The maximum Gasteiger partial charge on any atom is 0.265 e. The van der Waals surface area contributed by atoms with Crippen molar-refractivity contribution in [2.24, 2.45) is 0 Å². The fraction of sp³-hybridized carbons (Fsp3) is 0.333. The third-order valence-corrected chi connectivity index (χ3v) is 4.54. The SMILES string of the molecule is COc1cccc(OC)c1C(=O)Nc1nc2c(s1)CCC2. The molecule has 1 heterocycles. The van der Waals surface area contributed by atoms with Gasteiger partial charge in [0.15, 0.2) is 5.13 Å². The number of anilines is 1. The molecule has 1 amide bonds. The zero-order valence-corrected chi connectivity index (χ0v) is 12.8. The summed E-state index contributed by atoms with van der Waals surface area (Å²) < 4.78 is 10.5. The van der Waals surface area contributed by atoms with Crippen molar-refractivity contribution in [2.75, 3.05) is 19.5 Å². The minimum absolute atomic E-state index is 0.267. The summed E-state index contributed by atoms with van der Waals surface area (Å²) in [5, 5.41) is 3.48. The van der Waals surface area contributed by atoms with Crippen LogP contribution in [0.25, 0.3) is 0 Å². The number of aryl methyl sites for hydroxylation is 2. The first-order chi connectivity index (χ1) is 10.2. The molecule has 5 nitrogen and oxygen atoms in total. The quantitative estimate of drug-likeness (QED) is 0.943. The van der Waals surface area contributed by atoms with Gasteiger partial charge in [-0.1, -0.05) is 6.07 Å². The number of hydrogen-bond acceptors (Lipinski definition) is 5. The first-order valence-corrected chi connectivity index (χ1v) is 7.55. The van der Waals surface area contributed by atoms with Crippen molar-refractivity contribution >= 4 is 22.4 Å². The number of fused-ring (bicyclic) bond motifs is 1. The monoisotopic (exact) mass is 304 g/mol. The summed E-state index contributed by atoms with van der Waals surface area (Å²) in [4.78, 5) is 18.2. The van der Waals surface area contributed by atoms with Gasteiger partial charge in [0, 0.05) is 4.88 Å². The van der Waals surface area contributed by atoms with E-state index in [9.17, 15) is 4.79 Å². The molecule has 0 spiro atoms. The van der Waals surface area contributed by atoms with E-state index < -0.39 is 0 Å². The molecule has 21 heavy (non-hydrogen) atoms. The molecule has 0 fully saturated rings. The van der Waals surface area contributed by atoms with E-state index in [1.165, 1.54) is 19.1 Å². The van der Waals surface area contributed by atoms with Crippen LogP contribution in [0.1, 0.15) is 27.3 Å². The minimum Gasteiger partial charge on any atom is -0.496 e. The highest BCUT2D eigenvalue weighted by Gasteiger charge is 2.22. The molecule has 1 aromatic carbocycles. The van der Waals surface area contributed by atoms with Gasteiger partial charge in [0.25, 0.3) is 5.91 Å². The standard InChI is InChI=1S/C15H16N2O3S/c1-19-10-6-4-7-11(20-2)13(10)14(18)17-15-16-9-5-3-8-12(9)21-15/h4,6-7H,3,5,8H2,1-2H3,(H,16,17,18). The fourth-order valence-corrected chi connectivity index (χ4v) is 3.52. The Bertz CT molecular complexity index is 638. The zero-order valence-electron chi connectivity index (χ0n) is 11.9. The number of rotatable bonds is 4. The number of nitrogens with one attached hydrogen (secondary N) is 1. The predicted octanol–water partition coefficient (Wildman–Crippen LogP) is 2.90. The van der Waals surface area contributed by atoms with Gasteiger partial charge in [-0.2, -0.15) is 0 Å². The van der Waals surface area contributed by atoms with Gasteiger partial charge in [-0.3, -0.25) is 10.1 Å². The van der Waals surface area contributed by atoms with Crippen LogP contribution in [0.2, 0.25) is 0 Å². The topological polar surface area (TPSA) is 60.5 Å².